The van der Waals surface area contributed by atoms with Gasteiger partial charge in [-0.15, -0.1) is 0 Å². The highest BCUT2D eigenvalue weighted by Gasteiger charge is 2.31. The van der Waals surface area contributed by atoms with Crippen molar-refractivity contribution in [3.63, 3.8) is 0 Å². The second kappa shape index (κ2) is 6.88. The van der Waals surface area contributed by atoms with Gasteiger partial charge in [-0.3, -0.25) is 4.90 Å². The molecule has 1 aliphatic heterocycles. The summed E-state index contributed by atoms with van der Waals surface area (Å²) in [6, 6.07) is 0.702. The van der Waals surface area contributed by atoms with E-state index in [2.05, 4.69) is 18.7 Å². The lowest BCUT2D eigenvalue weighted by Gasteiger charge is -2.40. The summed E-state index contributed by atoms with van der Waals surface area (Å²) in [5, 5.41) is 0. The molecule has 1 saturated carbocycles. The van der Waals surface area contributed by atoms with E-state index in [4.69, 9.17) is 10.5 Å². The van der Waals surface area contributed by atoms with Crippen molar-refractivity contribution in [2.24, 2.45) is 11.7 Å². The van der Waals surface area contributed by atoms with Gasteiger partial charge in [-0.2, -0.15) is 0 Å². The van der Waals surface area contributed by atoms with Crippen LogP contribution in [0.3, 0.4) is 0 Å². The zero-order valence-corrected chi connectivity index (χ0v) is 12.1. The summed E-state index contributed by atoms with van der Waals surface area (Å²) in [6.45, 7) is 7.57. The number of ether oxygens (including phenoxy) is 1. The average Bonchev–Trinajstić information content (AvgIpc) is 2.81. The van der Waals surface area contributed by atoms with E-state index in [-0.39, 0.29) is 0 Å². The number of likely N-dealkylation sites (N-methyl/N-ethyl adjacent to an activating group) is 1. The van der Waals surface area contributed by atoms with Crippen LogP contribution in [0.25, 0.3) is 0 Å². The lowest BCUT2D eigenvalue weighted by atomic mass is 9.83. The molecule has 18 heavy (non-hydrogen) atoms. The van der Waals surface area contributed by atoms with Crippen LogP contribution in [0.4, 0.5) is 0 Å². The van der Waals surface area contributed by atoms with Gasteiger partial charge in [0.25, 0.3) is 0 Å². The molecule has 106 valence electrons. The van der Waals surface area contributed by atoms with E-state index in [1.165, 1.54) is 38.5 Å². The molecule has 2 fully saturated rings. The molecule has 2 N–H and O–H groups in total. The SMILES string of the molecule is CCN(CC1CCC(C)O1)C1CCCCC1CN. The largest absolute Gasteiger partial charge is 0.374 e. The van der Waals surface area contributed by atoms with Crippen molar-refractivity contribution < 1.29 is 4.74 Å². The Morgan fingerprint density at radius 2 is 1.94 bits per heavy atom. The van der Waals surface area contributed by atoms with Crippen LogP contribution in [0.15, 0.2) is 0 Å². The van der Waals surface area contributed by atoms with E-state index in [1.54, 1.807) is 0 Å². The third-order valence-corrected chi connectivity index (χ3v) is 4.80. The molecule has 3 heteroatoms. The number of hydrogen-bond acceptors (Lipinski definition) is 3. The quantitative estimate of drug-likeness (QED) is 0.819. The molecule has 2 rings (SSSR count). The average molecular weight is 254 g/mol. The lowest BCUT2D eigenvalue weighted by Crippen LogP contribution is -2.47. The summed E-state index contributed by atoms with van der Waals surface area (Å²) in [6.07, 6.45) is 8.78. The summed E-state index contributed by atoms with van der Waals surface area (Å²) in [5.41, 5.74) is 5.96. The summed E-state index contributed by atoms with van der Waals surface area (Å²) in [5.74, 6) is 0.706. The highest BCUT2D eigenvalue weighted by molar-refractivity contribution is 4.86. The molecule has 0 aromatic carbocycles. The second-order valence-corrected chi connectivity index (χ2v) is 6.08. The Balaban J connectivity index is 1.90. The maximum Gasteiger partial charge on any atom is 0.0706 e. The Labute approximate surface area is 112 Å². The van der Waals surface area contributed by atoms with Crippen LogP contribution in [0.2, 0.25) is 0 Å². The zero-order valence-electron chi connectivity index (χ0n) is 12.1. The molecule has 0 amide bonds. The minimum Gasteiger partial charge on any atom is -0.374 e. The molecular weight excluding hydrogens is 224 g/mol. The molecule has 1 heterocycles. The van der Waals surface area contributed by atoms with Crippen LogP contribution in [0, 0.1) is 5.92 Å². The van der Waals surface area contributed by atoms with E-state index in [0.29, 0.717) is 24.2 Å². The van der Waals surface area contributed by atoms with Crippen molar-refractivity contribution in [2.75, 3.05) is 19.6 Å². The topological polar surface area (TPSA) is 38.5 Å². The summed E-state index contributed by atoms with van der Waals surface area (Å²) >= 11 is 0. The molecule has 1 saturated heterocycles. The number of nitrogens with zero attached hydrogens (tertiary/aromatic N) is 1. The monoisotopic (exact) mass is 254 g/mol. The van der Waals surface area contributed by atoms with Gasteiger partial charge in [-0.1, -0.05) is 19.8 Å². The number of nitrogens with two attached hydrogens (primary N) is 1. The fourth-order valence-corrected chi connectivity index (χ4v) is 3.72. The predicted molar refractivity (Wildman–Crippen MR) is 75.6 cm³/mol. The van der Waals surface area contributed by atoms with E-state index in [0.717, 1.165) is 19.6 Å². The molecule has 2 aliphatic rings. The molecule has 4 atom stereocenters. The molecule has 1 aliphatic carbocycles. The first-order valence-electron chi connectivity index (χ1n) is 7.84. The minimum atomic E-state index is 0.459. The van der Waals surface area contributed by atoms with Crippen molar-refractivity contribution in [2.45, 2.75) is 70.6 Å². The summed E-state index contributed by atoms with van der Waals surface area (Å²) < 4.78 is 5.98. The number of hydrogen-bond donors (Lipinski definition) is 1. The molecule has 4 unspecified atom stereocenters. The van der Waals surface area contributed by atoms with E-state index in [9.17, 15) is 0 Å². The van der Waals surface area contributed by atoms with Gasteiger partial charge in [-0.25, -0.2) is 0 Å². The standard InChI is InChI=1S/C15H30N2O/c1-3-17(11-14-9-8-12(2)18-14)15-7-5-4-6-13(15)10-16/h12-15H,3-11,16H2,1-2H3. The Morgan fingerprint density at radius 1 is 1.17 bits per heavy atom. The summed E-state index contributed by atoms with van der Waals surface area (Å²) in [4.78, 5) is 2.64. The minimum absolute atomic E-state index is 0.459. The fourth-order valence-electron chi connectivity index (χ4n) is 3.72. The Kier molecular flexibility index (Phi) is 5.46. The molecule has 0 radical (unpaired) electrons. The van der Waals surface area contributed by atoms with E-state index < -0.39 is 0 Å². The van der Waals surface area contributed by atoms with Gasteiger partial charge in [0.1, 0.15) is 0 Å². The van der Waals surface area contributed by atoms with E-state index in [1.807, 2.05) is 0 Å². The third kappa shape index (κ3) is 3.46. The molecule has 0 aromatic rings. The van der Waals surface area contributed by atoms with Gasteiger partial charge in [0.15, 0.2) is 0 Å². The maximum absolute atomic E-state index is 5.98. The van der Waals surface area contributed by atoms with Gasteiger partial charge in [0.2, 0.25) is 0 Å². The smallest absolute Gasteiger partial charge is 0.0706 e. The second-order valence-electron chi connectivity index (χ2n) is 6.08. The van der Waals surface area contributed by atoms with Crippen LogP contribution in [0.5, 0.6) is 0 Å². The first-order valence-corrected chi connectivity index (χ1v) is 7.84. The summed E-state index contributed by atoms with van der Waals surface area (Å²) in [7, 11) is 0. The first kappa shape index (κ1) is 14.3. The first-order chi connectivity index (χ1) is 8.74. The molecule has 0 spiro atoms. The van der Waals surface area contributed by atoms with Gasteiger partial charge in [0.05, 0.1) is 12.2 Å². The lowest BCUT2D eigenvalue weighted by molar-refractivity contribution is 0.00887. The maximum atomic E-state index is 5.98. The van der Waals surface area contributed by atoms with Crippen LogP contribution in [-0.4, -0.2) is 42.8 Å². The van der Waals surface area contributed by atoms with Crippen molar-refractivity contribution in [1.82, 2.24) is 4.90 Å². The van der Waals surface area contributed by atoms with Crippen molar-refractivity contribution in [3.05, 3.63) is 0 Å². The molecule has 0 aromatic heterocycles. The van der Waals surface area contributed by atoms with Crippen molar-refractivity contribution >= 4 is 0 Å². The highest BCUT2D eigenvalue weighted by Crippen LogP contribution is 2.29. The zero-order chi connectivity index (χ0) is 13.0. The van der Waals surface area contributed by atoms with Crippen LogP contribution in [-0.2, 0) is 4.74 Å². The van der Waals surface area contributed by atoms with Gasteiger partial charge < -0.3 is 10.5 Å². The van der Waals surface area contributed by atoms with E-state index >= 15 is 0 Å². The van der Waals surface area contributed by atoms with Gasteiger partial charge >= 0.3 is 0 Å². The van der Waals surface area contributed by atoms with Crippen LogP contribution < -0.4 is 5.73 Å². The molecule has 0 bridgehead atoms. The Hall–Kier alpha value is -0.120. The Morgan fingerprint density at radius 3 is 2.56 bits per heavy atom. The third-order valence-electron chi connectivity index (χ3n) is 4.80. The van der Waals surface area contributed by atoms with Crippen LogP contribution >= 0.6 is 0 Å². The van der Waals surface area contributed by atoms with Crippen LogP contribution in [0.1, 0.15) is 52.4 Å². The normalized spacial score (nSPS) is 37.3. The molecule has 3 nitrogen and oxygen atoms in total. The van der Waals surface area contributed by atoms with Crippen molar-refractivity contribution in [1.29, 1.82) is 0 Å². The fraction of sp³-hybridized carbons (Fsp3) is 1.00. The van der Waals surface area contributed by atoms with Crippen molar-refractivity contribution in [3.8, 4) is 0 Å². The van der Waals surface area contributed by atoms with Gasteiger partial charge in [-0.05, 0) is 51.6 Å². The predicted octanol–water partition coefficient (Wildman–Crippen LogP) is 2.39. The number of rotatable bonds is 5. The Bertz CT molecular complexity index is 247. The molecular formula is C15H30N2O. The highest BCUT2D eigenvalue weighted by atomic mass is 16.5. The van der Waals surface area contributed by atoms with Gasteiger partial charge in [0, 0.05) is 12.6 Å².